The van der Waals surface area contributed by atoms with Crippen LogP contribution in [-0.2, 0) is 21.4 Å². The Balaban J connectivity index is 1.33. The number of thiophene rings is 1. The number of rotatable bonds is 5. The quantitative estimate of drug-likeness (QED) is 0.232. The summed E-state index contributed by atoms with van der Waals surface area (Å²) in [6.07, 6.45) is 6.73. The number of benzene rings is 3. The van der Waals surface area contributed by atoms with Gasteiger partial charge in [0.15, 0.2) is 0 Å². The molecule has 7 nitrogen and oxygen atoms in total. The molecule has 1 saturated heterocycles. The summed E-state index contributed by atoms with van der Waals surface area (Å²) in [4.78, 5) is 4.69. The van der Waals surface area contributed by atoms with Crippen molar-refractivity contribution in [2.75, 3.05) is 38.2 Å². The third-order valence-electron chi connectivity index (χ3n) is 8.78. The molecule has 2 N–H and O–H groups in total. The number of aromatic nitrogens is 2. The minimum absolute atomic E-state index is 0.201. The van der Waals surface area contributed by atoms with Gasteiger partial charge in [0.25, 0.3) is 0 Å². The molecule has 6 aromatic rings. The Bertz CT molecular complexity index is 2020. The first-order valence-corrected chi connectivity index (χ1v) is 16.8. The Hall–Kier alpha value is -3.63. The molecule has 0 saturated carbocycles. The lowest BCUT2D eigenvalue weighted by Crippen LogP contribution is -2.43. The molecule has 0 radical (unpaired) electrons. The summed E-state index contributed by atoms with van der Waals surface area (Å²) in [6.45, 7) is 2.39. The van der Waals surface area contributed by atoms with E-state index in [0.717, 1.165) is 47.1 Å². The van der Waals surface area contributed by atoms with Crippen LogP contribution in [0.4, 0.5) is 5.69 Å². The molecule has 0 spiro atoms. The van der Waals surface area contributed by atoms with Gasteiger partial charge in [0.05, 0.1) is 18.7 Å². The summed E-state index contributed by atoms with van der Waals surface area (Å²) >= 11 is 1.78. The molecule has 5 heterocycles. The molecule has 0 amide bonds. The van der Waals surface area contributed by atoms with E-state index in [9.17, 15) is 8.42 Å². The Morgan fingerprint density at radius 3 is 2.69 bits per heavy atom. The van der Waals surface area contributed by atoms with Crippen molar-refractivity contribution in [3.8, 4) is 0 Å². The first-order valence-electron chi connectivity index (χ1n) is 14.6. The Morgan fingerprint density at radius 2 is 1.81 bits per heavy atom. The van der Waals surface area contributed by atoms with Crippen molar-refractivity contribution in [2.45, 2.75) is 25.2 Å². The van der Waals surface area contributed by atoms with Crippen molar-refractivity contribution in [1.82, 2.24) is 13.3 Å². The number of para-hydroxylation sites is 1. The maximum Gasteiger partial charge on any atom is 0.308 e. The van der Waals surface area contributed by atoms with E-state index in [1.165, 1.54) is 35.4 Å². The van der Waals surface area contributed by atoms with Crippen LogP contribution in [0.2, 0.25) is 0 Å². The van der Waals surface area contributed by atoms with Gasteiger partial charge in [-0.05, 0) is 59.2 Å². The predicted molar refractivity (Wildman–Crippen MR) is 171 cm³/mol. The lowest BCUT2D eigenvalue weighted by molar-refractivity contribution is 0.0726. The van der Waals surface area contributed by atoms with Gasteiger partial charge in [0.1, 0.15) is 0 Å². The molecule has 9 heteroatoms. The Morgan fingerprint density at radius 1 is 0.976 bits per heavy atom. The van der Waals surface area contributed by atoms with E-state index in [-0.39, 0.29) is 5.92 Å². The van der Waals surface area contributed by atoms with Crippen molar-refractivity contribution in [1.29, 1.82) is 0 Å². The molecule has 0 bridgehead atoms. The minimum atomic E-state index is -3.77. The van der Waals surface area contributed by atoms with Crippen LogP contribution < -0.4 is 5.32 Å². The number of aromatic amines is 1. The predicted octanol–water partition coefficient (Wildman–Crippen LogP) is 6.69. The second-order valence-corrected chi connectivity index (χ2v) is 14.2. The van der Waals surface area contributed by atoms with Crippen LogP contribution >= 0.6 is 11.3 Å². The number of nitrogens with zero attached hydrogens (tertiary/aromatic N) is 2. The number of fused-ring (bicyclic) bond motifs is 5. The Kier molecular flexibility index (Phi) is 6.37. The van der Waals surface area contributed by atoms with E-state index in [1.54, 1.807) is 15.6 Å². The van der Waals surface area contributed by atoms with Gasteiger partial charge in [-0.3, -0.25) is 0 Å². The second kappa shape index (κ2) is 10.3. The van der Waals surface area contributed by atoms with Crippen LogP contribution in [0.1, 0.15) is 40.3 Å². The lowest BCUT2D eigenvalue weighted by Gasteiger charge is -2.26. The maximum atomic E-state index is 14.1. The summed E-state index contributed by atoms with van der Waals surface area (Å²) in [6, 6.07) is 23.3. The Labute approximate surface area is 248 Å². The summed E-state index contributed by atoms with van der Waals surface area (Å²) < 4.78 is 37.9. The van der Waals surface area contributed by atoms with Crippen molar-refractivity contribution in [3.05, 3.63) is 101 Å². The number of anilines is 1. The van der Waals surface area contributed by atoms with Crippen LogP contribution in [0.3, 0.4) is 0 Å². The van der Waals surface area contributed by atoms with Gasteiger partial charge in [-0.1, -0.05) is 42.5 Å². The van der Waals surface area contributed by atoms with Crippen molar-refractivity contribution in [2.24, 2.45) is 0 Å². The highest BCUT2D eigenvalue weighted by molar-refractivity contribution is 7.87. The topological polar surface area (TPSA) is 79.4 Å². The highest BCUT2D eigenvalue weighted by atomic mass is 32.2. The molecule has 1 atom stereocenters. The number of hydrogen-bond donors (Lipinski definition) is 2. The molecular weight excluding hydrogens is 565 g/mol. The van der Waals surface area contributed by atoms with Gasteiger partial charge in [0, 0.05) is 75.9 Å². The normalized spacial score (nSPS) is 18.3. The standard InChI is InChI=1S/C33H32N4O3S2/c38-42(39,36-14-16-40-17-15-36)37-21-23(19-24-18-22-6-1-4-10-31(22)41-24)32-30(37)12-11-27-25(8-5-13-34-33(27)32)28-20-35-29-9-3-2-7-26(28)29/h1-4,6-7,9-12,18,20-21,25,34-35H,5,8,13-17,19H2. The average molecular weight is 597 g/mol. The molecule has 2 aliphatic rings. The van der Waals surface area contributed by atoms with Crippen molar-refractivity contribution >= 4 is 59.1 Å². The van der Waals surface area contributed by atoms with Crippen molar-refractivity contribution < 1.29 is 13.2 Å². The fourth-order valence-corrected chi connectivity index (χ4v) is 9.40. The second-order valence-electron chi connectivity index (χ2n) is 11.2. The fraction of sp³-hybridized carbons (Fsp3) is 0.273. The molecule has 214 valence electrons. The van der Waals surface area contributed by atoms with E-state index in [4.69, 9.17) is 4.74 Å². The number of nitrogens with one attached hydrogen (secondary N) is 2. The highest BCUT2D eigenvalue weighted by Gasteiger charge is 2.31. The van der Waals surface area contributed by atoms with Gasteiger partial charge in [-0.2, -0.15) is 12.7 Å². The molecule has 3 aromatic heterocycles. The summed E-state index contributed by atoms with van der Waals surface area (Å²) in [5, 5.41) is 7.23. The molecule has 8 rings (SSSR count). The third-order valence-corrected chi connectivity index (χ3v) is 11.7. The largest absolute Gasteiger partial charge is 0.384 e. The first kappa shape index (κ1) is 26.0. The molecular formula is C33H32N4O3S2. The molecule has 0 aliphatic carbocycles. The number of H-pyrrole nitrogens is 1. The third kappa shape index (κ3) is 4.26. The van der Waals surface area contributed by atoms with Gasteiger partial charge >= 0.3 is 10.2 Å². The number of morpholine rings is 1. The van der Waals surface area contributed by atoms with Gasteiger partial charge in [-0.15, -0.1) is 11.3 Å². The van der Waals surface area contributed by atoms with Gasteiger partial charge in [-0.25, -0.2) is 3.97 Å². The summed E-state index contributed by atoms with van der Waals surface area (Å²) in [5.41, 5.74) is 6.47. The van der Waals surface area contributed by atoms with Crippen LogP contribution in [0.25, 0.3) is 31.9 Å². The van der Waals surface area contributed by atoms with Gasteiger partial charge < -0.3 is 15.0 Å². The van der Waals surface area contributed by atoms with Crippen LogP contribution in [0.15, 0.2) is 79.1 Å². The smallest absolute Gasteiger partial charge is 0.308 e. The number of ether oxygens (including phenoxy) is 1. The van der Waals surface area contributed by atoms with E-state index in [2.05, 4.69) is 77.2 Å². The zero-order valence-electron chi connectivity index (χ0n) is 23.2. The molecule has 2 aliphatic heterocycles. The fourth-order valence-electron chi connectivity index (χ4n) is 6.79. The zero-order valence-corrected chi connectivity index (χ0v) is 24.8. The molecule has 1 fully saturated rings. The molecule has 3 aromatic carbocycles. The van der Waals surface area contributed by atoms with Crippen LogP contribution in [-0.4, -0.2) is 54.5 Å². The van der Waals surface area contributed by atoms with E-state index in [1.807, 2.05) is 12.3 Å². The molecule has 42 heavy (non-hydrogen) atoms. The SMILES string of the molecule is O=S(=O)(N1CCOCC1)n1cc(Cc2cc3ccccc3s2)c2c3c(ccc21)C(c1c[nH]c2ccccc12)CCCN3. The van der Waals surface area contributed by atoms with E-state index >= 15 is 0 Å². The monoisotopic (exact) mass is 596 g/mol. The highest BCUT2D eigenvalue weighted by Crippen LogP contribution is 2.44. The zero-order chi connectivity index (χ0) is 28.3. The van der Waals surface area contributed by atoms with E-state index in [0.29, 0.717) is 32.7 Å². The lowest BCUT2D eigenvalue weighted by atomic mass is 9.86. The van der Waals surface area contributed by atoms with Crippen molar-refractivity contribution in [3.63, 3.8) is 0 Å². The molecule has 1 unspecified atom stereocenters. The summed E-state index contributed by atoms with van der Waals surface area (Å²) in [5.74, 6) is 0.201. The maximum absolute atomic E-state index is 14.1. The first-order chi connectivity index (χ1) is 20.6. The average Bonchev–Trinajstić information content (AvgIpc) is 3.69. The van der Waals surface area contributed by atoms with Crippen LogP contribution in [0.5, 0.6) is 0 Å². The van der Waals surface area contributed by atoms with E-state index < -0.39 is 10.2 Å². The van der Waals surface area contributed by atoms with Gasteiger partial charge in [0.2, 0.25) is 0 Å². The summed E-state index contributed by atoms with van der Waals surface area (Å²) in [7, 11) is -3.77. The number of hydrogen-bond acceptors (Lipinski definition) is 5. The minimum Gasteiger partial charge on any atom is -0.384 e. The van der Waals surface area contributed by atoms with Crippen LogP contribution in [0, 0.1) is 0 Å².